The van der Waals surface area contributed by atoms with Crippen LogP contribution in [0.15, 0.2) is 18.2 Å². The van der Waals surface area contributed by atoms with Crippen LogP contribution in [-0.4, -0.2) is 6.61 Å². The van der Waals surface area contributed by atoms with Crippen LogP contribution in [0.4, 0.5) is 4.39 Å². The van der Waals surface area contributed by atoms with Crippen LogP contribution in [-0.2, 0) is 0 Å². The molecule has 0 aliphatic carbocycles. The van der Waals surface area contributed by atoms with E-state index in [0.29, 0.717) is 12.4 Å². The van der Waals surface area contributed by atoms with E-state index in [0.717, 1.165) is 6.42 Å². The number of nitriles is 1. The minimum absolute atomic E-state index is 0.0219. The number of hydrogen-bond donors (Lipinski definition) is 0. The normalized spacial score (nSPS) is 9.31. The molecule has 0 fully saturated rings. The predicted molar refractivity (Wildman–Crippen MR) is 46.9 cm³/mol. The highest BCUT2D eigenvalue weighted by atomic mass is 19.1. The maximum Gasteiger partial charge on any atom is 0.141 e. The molecule has 0 aromatic heterocycles. The van der Waals surface area contributed by atoms with Gasteiger partial charge in [-0.1, -0.05) is 6.92 Å². The molecular formula is C10H10FNO. The Morgan fingerprint density at radius 2 is 2.31 bits per heavy atom. The van der Waals surface area contributed by atoms with E-state index in [2.05, 4.69) is 0 Å². The second-order valence-electron chi connectivity index (χ2n) is 2.60. The third-order valence-electron chi connectivity index (χ3n) is 1.53. The van der Waals surface area contributed by atoms with Gasteiger partial charge in [0.05, 0.1) is 12.2 Å². The standard InChI is InChI=1S/C10H10FNO/c1-2-5-13-9-3-4-10(11)8(6-9)7-12/h3-4,6H,2,5H2,1H3. The van der Waals surface area contributed by atoms with Crippen molar-refractivity contribution in [2.24, 2.45) is 0 Å². The number of nitrogens with zero attached hydrogens (tertiary/aromatic N) is 1. The Hall–Kier alpha value is -1.56. The van der Waals surface area contributed by atoms with Crippen molar-refractivity contribution in [3.63, 3.8) is 0 Å². The lowest BCUT2D eigenvalue weighted by Crippen LogP contribution is -1.95. The van der Waals surface area contributed by atoms with Crippen LogP contribution >= 0.6 is 0 Å². The molecule has 0 saturated heterocycles. The van der Waals surface area contributed by atoms with Gasteiger partial charge >= 0.3 is 0 Å². The fourth-order valence-electron chi connectivity index (χ4n) is 0.900. The zero-order valence-corrected chi connectivity index (χ0v) is 7.38. The van der Waals surface area contributed by atoms with Crippen LogP contribution < -0.4 is 4.74 Å². The van der Waals surface area contributed by atoms with Gasteiger partial charge in [-0.15, -0.1) is 0 Å². The molecular weight excluding hydrogens is 169 g/mol. The number of ether oxygens (including phenoxy) is 1. The Balaban J connectivity index is 2.82. The van der Waals surface area contributed by atoms with E-state index >= 15 is 0 Å². The molecule has 1 aromatic rings. The Morgan fingerprint density at radius 1 is 1.54 bits per heavy atom. The average molecular weight is 179 g/mol. The van der Waals surface area contributed by atoms with E-state index in [-0.39, 0.29) is 5.56 Å². The first kappa shape index (κ1) is 9.53. The summed E-state index contributed by atoms with van der Waals surface area (Å²) in [6.45, 7) is 2.56. The highest BCUT2D eigenvalue weighted by molar-refractivity contribution is 5.37. The fraction of sp³-hybridized carbons (Fsp3) is 0.300. The average Bonchev–Trinajstić information content (AvgIpc) is 2.16. The quantitative estimate of drug-likeness (QED) is 0.714. The van der Waals surface area contributed by atoms with Crippen molar-refractivity contribution in [1.82, 2.24) is 0 Å². The lowest BCUT2D eigenvalue weighted by molar-refractivity contribution is 0.317. The molecule has 13 heavy (non-hydrogen) atoms. The maximum absolute atomic E-state index is 12.8. The summed E-state index contributed by atoms with van der Waals surface area (Å²) in [7, 11) is 0. The molecule has 0 unspecified atom stereocenters. The molecule has 0 heterocycles. The van der Waals surface area contributed by atoms with Crippen molar-refractivity contribution in [3.8, 4) is 11.8 Å². The molecule has 1 aromatic carbocycles. The van der Waals surface area contributed by atoms with Crippen molar-refractivity contribution in [2.75, 3.05) is 6.61 Å². The van der Waals surface area contributed by atoms with Gasteiger partial charge in [-0.2, -0.15) is 5.26 Å². The molecule has 0 atom stereocenters. The van der Waals surface area contributed by atoms with Crippen LogP contribution in [0.5, 0.6) is 5.75 Å². The molecule has 0 radical (unpaired) electrons. The number of benzene rings is 1. The van der Waals surface area contributed by atoms with E-state index < -0.39 is 5.82 Å². The number of rotatable bonds is 3. The SMILES string of the molecule is CCCOc1ccc(F)c(C#N)c1. The molecule has 0 amide bonds. The minimum Gasteiger partial charge on any atom is -0.494 e. The Morgan fingerprint density at radius 3 is 2.92 bits per heavy atom. The highest BCUT2D eigenvalue weighted by Crippen LogP contribution is 2.15. The van der Waals surface area contributed by atoms with E-state index in [1.54, 1.807) is 6.07 Å². The molecule has 0 saturated carbocycles. The van der Waals surface area contributed by atoms with Gasteiger partial charge in [0, 0.05) is 6.07 Å². The monoisotopic (exact) mass is 179 g/mol. The van der Waals surface area contributed by atoms with Crippen LogP contribution in [0.1, 0.15) is 18.9 Å². The lowest BCUT2D eigenvalue weighted by Gasteiger charge is -2.04. The summed E-state index contributed by atoms with van der Waals surface area (Å²) in [5.74, 6) is 0.0335. The largest absolute Gasteiger partial charge is 0.494 e. The molecule has 0 bridgehead atoms. The third-order valence-corrected chi connectivity index (χ3v) is 1.53. The van der Waals surface area contributed by atoms with Gasteiger partial charge in [0.1, 0.15) is 17.6 Å². The van der Waals surface area contributed by atoms with Crippen molar-refractivity contribution < 1.29 is 9.13 Å². The number of halogens is 1. The first-order valence-corrected chi connectivity index (χ1v) is 4.10. The van der Waals surface area contributed by atoms with Gasteiger partial charge < -0.3 is 4.74 Å². The van der Waals surface area contributed by atoms with Gasteiger partial charge in [-0.05, 0) is 18.6 Å². The molecule has 1 rings (SSSR count). The molecule has 0 N–H and O–H groups in total. The van der Waals surface area contributed by atoms with E-state index in [1.807, 2.05) is 6.92 Å². The highest BCUT2D eigenvalue weighted by Gasteiger charge is 2.02. The van der Waals surface area contributed by atoms with Crippen molar-refractivity contribution in [2.45, 2.75) is 13.3 Å². The summed E-state index contributed by atoms with van der Waals surface area (Å²) < 4.78 is 18.0. The summed E-state index contributed by atoms with van der Waals surface area (Å²) >= 11 is 0. The zero-order chi connectivity index (χ0) is 9.68. The van der Waals surface area contributed by atoms with E-state index in [9.17, 15) is 4.39 Å². The smallest absolute Gasteiger partial charge is 0.141 e. The second-order valence-corrected chi connectivity index (χ2v) is 2.60. The summed E-state index contributed by atoms with van der Waals surface area (Å²) in [5.41, 5.74) is 0.0219. The topological polar surface area (TPSA) is 33.0 Å². The summed E-state index contributed by atoms with van der Waals surface area (Å²) in [4.78, 5) is 0. The molecule has 0 aliphatic rings. The Bertz CT molecular complexity index is 330. The van der Waals surface area contributed by atoms with Gasteiger partial charge in [0.25, 0.3) is 0 Å². The van der Waals surface area contributed by atoms with Crippen molar-refractivity contribution >= 4 is 0 Å². The summed E-state index contributed by atoms with van der Waals surface area (Å²) in [5, 5.41) is 8.52. The fourth-order valence-corrected chi connectivity index (χ4v) is 0.900. The van der Waals surface area contributed by atoms with Gasteiger partial charge in [-0.25, -0.2) is 4.39 Å². The Kier molecular flexibility index (Phi) is 3.27. The van der Waals surface area contributed by atoms with Crippen molar-refractivity contribution in [1.29, 1.82) is 5.26 Å². The third kappa shape index (κ3) is 2.45. The molecule has 0 aliphatic heterocycles. The van der Waals surface area contributed by atoms with Gasteiger partial charge in [0.15, 0.2) is 0 Å². The molecule has 3 heteroatoms. The van der Waals surface area contributed by atoms with Crippen LogP contribution in [0, 0.1) is 17.1 Å². The van der Waals surface area contributed by atoms with Gasteiger partial charge in [0.2, 0.25) is 0 Å². The van der Waals surface area contributed by atoms with Crippen LogP contribution in [0.2, 0.25) is 0 Å². The first-order chi connectivity index (χ1) is 6.27. The lowest BCUT2D eigenvalue weighted by atomic mass is 10.2. The summed E-state index contributed by atoms with van der Waals surface area (Å²) in [6, 6.07) is 5.92. The maximum atomic E-state index is 12.8. The van der Waals surface area contributed by atoms with Crippen LogP contribution in [0.25, 0.3) is 0 Å². The minimum atomic E-state index is -0.508. The predicted octanol–water partition coefficient (Wildman–Crippen LogP) is 2.49. The number of hydrogen-bond acceptors (Lipinski definition) is 2. The van der Waals surface area contributed by atoms with E-state index in [1.165, 1.54) is 18.2 Å². The Labute approximate surface area is 76.6 Å². The van der Waals surface area contributed by atoms with Crippen LogP contribution in [0.3, 0.4) is 0 Å². The zero-order valence-electron chi connectivity index (χ0n) is 7.38. The summed E-state index contributed by atoms with van der Waals surface area (Å²) in [6.07, 6.45) is 0.888. The molecule has 68 valence electrons. The van der Waals surface area contributed by atoms with E-state index in [4.69, 9.17) is 10.00 Å². The second kappa shape index (κ2) is 4.46. The first-order valence-electron chi connectivity index (χ1n) is 4.10. The molecule has 0 spiro atoms. The van der Waals surface area contributed by atoms with Crippen molar-refractivity contribution in [3.05, 3.63) is 29.6 Å². The molecule has 2 nitrogen and oxygen atoms in total. The van der Waals surface area contributed by atoms with Gasteiger partial charge in [-0.3, -0.25) is 0 Å².